The Labute approximate surface area is 166 Å². The van der Waals surface area contributed by atoms with E-state index >= 15 is 0 Å². The van der Waals surface area contributed by atoms with E-state index < -0.39 is 12.9 Å². The summed E-state index contributed by atoms with van der Waals surface area (Å²) < 4.78 is 12.0. The van der Waals surface area contributed by atoms with Crippen LogP contribution in [0.3, 0.4) is 0 Å². The molecular formula is C21H43NO4P+. The smallest absolute Gasteiger partial charge is 0.362 e. The van der Waals surface area contributed by atoms with Crippen molar-refractivity contribution in [2.24, 2.45) is 0 Å². The molecule has 0 spiro atoms. The zero-order chi connectivity index (χ0) is 20.8. The van der Waals surface area contributed by atoms with Crippen molar-refractivity contribution in [1.82, 2.24) is 0 Å². The first kappa shape index (κ1) is 26.6. The van der Waals surface area contributed by atoms with Crippen LogP contribution in [-0.4, -0.2) is 52.4 Å². The van der Waals surface area contributed by atoms with Crippen LogP contribution in [0.2, 0.25) is 0 Å². The molecule has 0 aliphatic rings. The molecule has 0 aromatic carbocycles. The minimum atomic E-state index is -4.54. The average Bonchev–Trinajstić information content (AvgIpc) is 2.52. The van der Waals surface area contributed by atoms with Crippen LogP contribution in [0.15, 0.2) is 24.3 Å². The van der Waals surface area contributed by atoms with Crippen molar-refractivity contribution in [3.63, 3.8) is 0 Å². The molecule has 160 valence electrons. The molecule has 0 bridgehead atoms. The molecule has 1 unspecified atom stereocenters. The van der Waals surface area contributed by atoms with Gasteiger partial charge in [-0.3, -0.25) is 4.57 Å². The van der Waals surface area contributed by atoms with E-state index in [9.17, 15) is 19.5 Å². The van der Waals surface area contributed by atoms with Gasteiger partial charge in [0.05, 0.1) is 21.1 Å². The summed E-state index contributed by atoms with van der Waals surface area (Å²) in [4.78, 5) is 19.1. The number of unbranched alkanes of at least 4 members (excludes halogenated alkanes) is 7. The van der Waals surface area contributed by atoms with Crippen molar-refractivity contribution in [2.75, 3.05) is 27.7 Å². The zero-order valence-corrected chi connectivity index (χ0v) is 18.8. The molecule has 0 aromatic heterocycles. The van der Waals surface area contributed by atoms with Gasteiger partial charge in [-0.25, -0.2) is 0 Å². The third kappa shape index (κ3) is 14.2. The Bertz CT molecular complexity index is 479. The van der Waals surface area contributed by atoms with E-state index in [1.807, 2.05) is 21.1 Å². The largest absolute Gasteiger partial charge is 0.373 e. The van der Waals surface area contributed by atoms with Crippen LogP contribution in [0.25, 0.3) is 0 Å². The molecule has 27 heavy (non-hydrogen) atoms. The Morgan fingerprint density at radius 3 is 1.81 bits per heavy atom. The molecule has 0 heterocycles. The first-order valence-corrected chi connectivity index (χ1v) is 12.0. The summed E-state index contributed by atoms with van der Waals surface area (Å²) in [5, 5.41) is 8.56. The molecule has 3 N–H and O–H groups in total. The second-order valence-corrected chi connectivity index (χ2v) is 10.5. The van der Waals surface area contributed by atoms with Gasteiger partial charge in [0.2, 0.25) is 5.34 Å². The number of hydrogen-bond acceptors (Lipinski definition) is 2. The lowest BCUT2D eigenvalue weighted by Crippen LogP contribution is -2.49. The summed E-state index contributed by atoms with van der Waals surface area (Å²) in [5.41, 5.74) is 0. The SMILES string of the molecule is CCC/C=C\CC/C=C\CCCCCCCC(O)(C[N+](C)(C)C)P(=O)(O)O. The lowest BCUT2D eigenvalue weighted by atomic mass is 10.1. The number of quaternary nitrogens is 1. The highest BCUT2D eigenvalue weighted by Gasteiger charge is 2.48. The Morgan fingerprint density at radius 2 is 1.30 bits per heavy atom. The maximum Gasteiger partial charge on any atom is 0.362 e. The van der Waals surface area contributed by atoms with Crippen LogP contribution >= 0.6 is 7.60 Å². The molecule has 6 heteroatoms. The maximum atomic E-state index is 11.7. The van der Waals surface area contributed by atoms with Gasteiger partial charge in [0.1, 0.15) is 6.54 Å². The Hall–Kier alpha value is -0.450. The van der Waals surface area contributed by atoms with Gasteiger partial charge in [-0.1, -0.05) is 56.9 Å². The zero-order valence-electron chi connectivity index (χ0n) is 17.9. The second kappa shape index (κ2) is 13.7. The van der Waals surface area contributed by atoms with Crippen molar-refractivity contribution in [3.8, 4) is 0 Å². The van der Waals surface area contributed by atoms with Crippen molar-refractivity contribution >= 4 is 7.60 Å². The molecule has 5 nitrogen and oxygen atoms in total. The van der Waals surface area contributed by atoms with E-state index in [1.165, 1.54) is 12.8 Å². The summed E-state index contributed by atoms with van der Waals surface area (Å²) in [7, 11) is 0.942. The summed E-state index contributed by atoms with van der Waals surface area (Å²) in [5.74, 6) is 0. The fourth-order valence-electron chi connectivity index (χ4n) is 3.11. The molecule has 0 aliphatic carbocycles. The molecule has 0 saturated carbocycles. The molecular weight excluding hydrogens is 361 g/mol. The molecule has 0 aromatic rings. The minimum Gasteiger partial charge on any atom is -0.373 e. The fraction of sp³-hybridized carbons (Fsp3) is 0.810. The summed E-state index contributed by atoms with van der Waals surface area (Å²) in [6, 6.07) is 0. The van der Waals surface area contributed by atoms with Crippen molar-refractivity contribution < 1.29 is 23.9 Å². The van der Waals surface area contributed by atoms with Gasteiger partial charge >= 0.3 is 7.60 Å². The Kier molecular flexibility index (Phi) is 13.5. The van der Waals surface area contributed by atoms with E-state index in [0.29, 0.717) is 10.9 Å². The van der Waals surface area contributed by atoms with Gasteiger partial charge in [0, 0.05) is 0 Å². The number of allylic oxidation sites excluding steroid dienone is 4. The molecule has 0 rings (SSSR count). The number of nitrogens with zero attached hydrogens (tertiary/aromatic N) is 1. The standard InChI is InChI=1S/C21H42NO4P/c1-5-6-7-8-9-10-11-12-13-14-15-16-17-18-19-21(23,27(24,25)26)20-22(2,3)4/h7-8,11-12,23H,5-6,9-10,13-20H2,1-4H3,(H-,24,25,26)/p+1/b8-7-,12-11-. The summed E-state index contributed by atoms with van der Waals surface area (Å²) in [6.45, 7) is 2.24. The lowest BCUT2D eigenvalue weighted by Gasteiger charge is -2.35. The summed E-state index contributed by atoms with van der Waals surface area (Å²) in [6.07, 6.45) is 19.7. The lowest BCUT2D eigenvalue weighted by molar-refractivity contribution is -0.875. The van der Waals surface area contributed by atoms with Gasteiger partial charge in [0.15, 0.2) is 0 Å². The fourth-order valence-corrected chi connectivity index (χ4v) is 4.17. The second-order valence-electron chi connectivity index (χ2n) is 8.59. The van der Waals surface area contributed by atoms with Crippen LogP contribution in [0, 0.1) is 0 Å². The molecule has 1 atom stereocenters. The van der Waals surface area contributed by atoms with Crippen LogP contribution in [0.5, 0.6) is 0 Å². The van der Waals surface area contributed by atoms with Gasteiger partial charge in [-0.2, -0.15) is 0 Å². The van der Waals surface area contributed by atoms with Gasteiger partial charge in [0.25, 0.3) is 0 Å². The highest BCUT2D eigenvalue weighted by atomic mass is 31.2. The van der Waals surface area contributed by atoms with Crippen LogP contribution in [-0.2, 0) is 4.57 Å². The number of aliphatic hydroxyl groups is 1. The molecule has 0 aliphatic heterocycles. The number of hydrogen-bond donors (Lipinski definition) is 3. The molecule has 0 fully saturated rings. The Balaban J connectivity index is 3.87. The van der Waals surface area contributed by atoms with Crippen LogP contribution in [0.4, 0.5) is 0 Å². The maximum absolute atomic E-state index is 11.7. The monoisotopic (exact) mass is 404 g/mol. The number of likely N-dealkylation sites (N-methyl/N-ethyl adjacent to an activating group) is 1. The van der Waals surface area contributed by atoms with E-state index in [0.717, 1.165) is 44.9 Å². The highest BCUT2D eigenvalue weighted by molar-refractivity contribution is 7.53. The van der Waals surface area contributed by atoms with Gasteiger partial charge in [-0.15, -0.1) is 0 Å². The molecule has 0 amide bonds. The topological polar surface area (TPSA) is 77.8 Å². The predicted molar refractivity (Wildman–Crippen MR) is 115 cm³/mol. The first-order valence-electron chi connectivity index (χ1n) is 10.4. The normalized spacial score (nSPS) is 15.7. The van der Waals surface area contributed by atoms with Crippen molar-refractivity contribution in [2.45, 2.75) is 82.9 Å². The average molecular weight is 405 g/mol. The van der Waals surface area contributed by atoms with Crippen LogP contribution in [0.1, 0.15) is 77.6 Å². The predicted octanol–water partition coefficient (Wildman–Crippen LogP) is 4.98. The van der Waals surface area contributed by atoms with Crippen molar-refractivity contribution in [3.05, 3.63) is 24.3 Å². The number of rotatable bonds is 16. The van der Waals surface area contributed by atoms with Gasteiger partial charge < -0.3 is 19.4 Å². The molecule has 0 radical (unpaired) electrons. The van der Waals surface area contributed by atoms with Crippen molar-refractivity contribution in [1.29, 1.82) is 0 Å². The van der Waals surface area contributed by atoms with E-state index in [4.69, 9.17) is 0 Å². The third-order valence-corrected chi connectivity index (χ3v) is 5.96. The minimum absolute atomic E-state index is 0.0513. The Morgan fingerprint density at radius 1 is 0.815 bits per heavy atom. The van der Waals surface area contributed by atoms with E-state index in [1.54, 1.807) is 0 Å². The summed E-state index contributed by atoms with van der Waals surface area (Å²) >= 11 is 0. The van der Waals surface area contributed by atoms with Gasteiger partial charge in [-0.05, 0) is 44.9 Å². The highest BCUT2D eigenvalue weighted by Crippen LogP contribution is 2.52. The van der Waals surface area contributed by atoms with Crippen LogP contribution < -0.4 is 0 Å². The van der Waals surface area contributed by atoms with E-state index in [-0.39, 0.29) is 13.0 Å². The molecule has 0 saturated heterocycles. The van der Waals surface area contributed by atoms with E-state index in [2.05, 4.69) is 31.2 Å². The third-order valence-electron chi connectivity index (χ3n) is 4.51. The first-order chi connectivity index (χ1) is 12.5. The quantitative estimate of drug-likeness (QED) is 0.147.